The molecule has 0 bridgehead atoms. The van der Waals surface area contributed by atoms with E-state index in [0.29, 0.717) is 12.0 Å². The van der Waals surface area contributed by atoms with Crippen LogP contribution in [0, 0.1) is 11.1 Å². The minimum Gasteiger partial charge on any atom is -0.848 e. The molecule has 1 saturated heterocycles. The van der Waals surface area contributed by atoms with Crippen LogP contribution in [0.5, 0.6) is 0 Å². The van der Waals surface area contributed by atoms with Crippen LogP contribution in [-0.2, 0) is 0 Å². The Balaban J connectivity index is 1.68. The minimum atomic E-state index is -0.632. The molecule has 0 aromatic heterocycles. The largest absolute Gasteiger partial charge is 0.848 e. The lowest BCUT2D eigenvalue weighted by atomic mass is 9.81. The number of hydrogen-bond donors (Lipinski definition) is 3. The molecule has 0 spiro atoms. The summed E-state index contributed by atoms with van der Waals surface area (Å²) in [5.41, 5.74) is 0. The maximum absolute atomic E-state index is 11.9. The van der Waals surface area contributed by atoms with Crippen molar-refractivity contribution in [3.05, 3.63) is 5.21 Å². The maximum atomic E-state index is 11.9. The molecule has 4 N–H and O–H groups in total. The van der Waals surface area contributed by atoms with Gasteiger partial charge in [-0.2, -0.15) is 0 Å². The van der Waals surface area contributed by atoms with Crippen LogP contribution >= 0.6 is 0 Å². The zero-order valence-electron chi connectivity index (χ0n) is 11.9. The number of rotatable bonds is 4. The predicted molar refractivity (Wildman–Crippen MR) is 69.3 cm³/mol. The van der Waals surface area contributed by atoms with Crippen LogP contribution in [-0.4, -0.2) is 29.4 Å². The molecule has 0 aromatic rings. The standard InChI is InChI=1S/C14H27N2O3/c1-10-2-9-14(17)13(15-10)8-5-11-3-6-12(7-4-11)16(18)19/h10-16,18H,2-9H2,1H3/q-1/p+1. The molecule has 1 saturated carbocycles. The molecular weight excluding hydrogens is 244 g/mol. The smallest absolute Gasteiger partial charge is 0.117 e. The predicted octanol–water partition coefficient (Wildman–Crippen LogP) is -1.06. The third-order valence-corrected chi connectivity index (χ3v) is 5.06. The first kappa shape index (κ1) is 15.2. The van der Waals surface area contributed by atoms with Crippen molar-refractivity contribution < 1.29 is 20.9 Å². The highest BCUT2D eigenvalue weighted by atomic mass is 16.8. The number of nitrogens with two attached hydrogens (primary N) is 1. The van der Waals surface area contributed by atoms with Gasteiger partial charge in [-0.05, 0) is 44.9 Å². The van der Waals surface area contributed by atoms with Crippen molar-refractivity contribution in [1.29, 1.82) is 0 Å². The van der Waals surface area contributed by atoms with Gasteiger partial charge in [0.05, 0.1) is 12.1 Å². The van der Waals surface area contributed by atoms with Gasteiger partial charge in [-0.1, -0.05) is 12.5 Å². The van der Waals surface area contributed by atoms with E-state index in [4.69, 9.17) is 5.21 Å². The summed E-state index contributed by atoms with van der Waals surface area (Å²) >= 11 is 0. The normalized spacial score (nSPS) is 42.0. The van der Waals surface area contributed by atoms with Gasteiger partial charge in [-0.25, -0.2) is 10.4 Å². The minimum absolute atomic E-state index is 0.121. The first-order valence-corrected chi connectivity index (χ1v) is 7.80. The summed E-state index contributed by atoms with van der Waals surface area (Å²) in [7, 11) is 0. The molecule has 0 aromatic carbocycles. The van der Waals surface area contributed by atoms with Crippen molar-refractivity contribution >= 4 is 0 Å². The fourth-order valence-corrected chi connectivity index (χ4v) is 3.69. The summed E-state index contributed by atoms with van der Waals surface area (Å²) in [6.07, 6.45) is 7.32. The lowest BCUT2D eigenvalue weighted by Crippen LogP contribution is -3.09. The average Bonchev–Trinajstić information content (AvgIpc) is 2.40. The average molecular weight is 272 g/mol. The number of hydrogen-bond acceptors (Lipinski definition) is 3. The molecule has 5 heteroatoms. The summed E-state index contributed by atoms with van der Waals surface area (Å²) in [5, 5.41) is 33.4. The van der Waals surface area contributed by atoms with E-state index < -0.39 is 11.3 Å². The Morgan fingerprint density at radius 1 is 1.11 bits per heavy atom. The molecule has 112 valence electrons. The Bertz CT molecular complexity index is 267. The van der Waals surface area contributed by atoms with Crippen molar-refractivity contribution in [3.8, 4) is 0 Å². The molecule has 2 aliphatic rings. The molecule has 2 fully saturated rings. The van der Waals surface area contributed by atoms with Crippen LogP contribution in [0.25, 0.3) is 0 Å². The highest BCUT2D eigenvalue weighted by Gasteiger charge is 2.28. The quantitative estimate of drug-likeness (QED) is 0.570. The van der Waals surface area contributed by atoms with Gasteiger partial charge in [0.1, 0.15) is 6.04 Å². The number of quaternary nitrogens is 2. The lowest BCUT2D eigenvalue weighted by molar-refractivity contribution is -1.07. The van der Waals surface area contributed by atoms with E-state index in [1.807, 2.05) is 0 Å². The van der Waals surface area contributed by atoms with Gasteiger partial charge in [0.15, 0.2) is 0 Å². The Hall–Kier alpha value is -0.200. The Morgan fingerprint density at radius 3 is 2.42 bits per heavy atom. The highest BCUT2D eigenvalue weighted by molar-refractivity contribution is 4.76. The third kappa shape index (κ3) is 4.39. The monoisotopic (exact) mass is 272 g/mol. The van der Waals surface area contributed by atoms with Crippen molar-refractivity contribution in [3.63, 3.8) is 0 Å². The van der Waals surface area contributed by atoms with Gasteiger partial charge in [0.2, 0.25) is 0 Å². The van der Waals surface area contributed by atoms with Crippen LogP contribution in [0.2, 0.25) is 0 Å². The second-order valence-corrected chi connectivity index (χ2v) is 6.58. The van der Waals surface area contributed by atoms with E-state index in [1.54, 1.807) is 0 Å². The summed E-state index contributed by atoms with van der Waals surface area (Å²) < 4.78 is 0. The summed E-state index contributed by atoms with van der Waals surface area (Å²) in [4.78, 5) is 0. The van der Waals surface area contributed by atoms with E-state index in [2.05, 4.69) is 12.2 Å². The Morgan fingerprint density at radius 2 is 1.79 bits per heavy atom. The van der Waals surface area contributed by atoms with Crippen LogP contribution in [0.4, 0.5) is 0 Å². The molecule has 4 unspecified atom stereocenters. The SMILES string of the molecule is CC1CCC([O-])C(CCC2CCC([NH+]([O-])O)CC2)[NH2+]1. The molecule has 4 atom stereocenters. The number of piperidine rings is 1. The first-order valence-electron chi connectivity index (χ1n) is 7.80. The van der Waals surface area contributed by atoms with E-state index in [9.17, 15) is 10.3 Å². The van der Waals surface area contributed by atoms with Crippen LogP contribution < -0.4 is 15.6 Å². The summed E-state index contributed by atoms with van der Waals surface area (Å²) in [6.45, 7) is 2.21. The zero-order valence-corrected chi connectivity index (χ0v) is 11.9. The van der Waals surface area contributed by atoms with E-state index in [1.165, 1.54) is 0 Å². The summed E-state index contributed by atoms with van der Waals surface area (Å²) in [6, 6.07) is 0.726. The summed E-state index contributed by atoms with van der Waals surface area (Å²) in [5.74, 6) is 0.647. The van der Waals surface area contributed by atoms with Crippen LogP contribution in [0.3, 0.4) is 0 Å². The highest BCUT2D eigenvalue weighted by Crippen LogP contribution is 2.27. The molecule has 1 heterocycles. The van der Waals surface area contributed by atoms with Crippen molar-refractivity contribution in [1.82, 2.24) is 0 Å². The van der Waals surface area contributed by atoms with Crippen LogP contribution in [0.15, 0.2) is 0 Å². The van der Waals surface area contributed by atoms with Gasteiger partial charge in [0, 0.05) is 12.8 Å². The first-order chi connectivity index (χ1) is 9.06. The number of hydroxylamine groups is 2. The maximum Gasteiger partial charge on any atom is 0.117 e. The van der Waals surface area contributed by atoms with Gasteiger partial charge in [-0.15, -0.1) is 0 Å². The lowest BCUT2D eigenvalue weighted by Gasteiger charge is -2.38. The fourth-order valence-electron chi connectivity index (χ4n) is 3.69. The van der Waals surface area contributed by atoms with E-state index in [-0.39, 0.29) is 12.1 Å². The second kappa shape index (κ2) is 6.99. The molecule has 0 amide bonds. The molecule has 1 aliphatic heterocycles. The topological polar surface area (TPSA) is 87.4 Å². The molecule has 5 nitrogen and oxygen atoms in total. The van der Waals surface area contributed by atoms with Gasteiger partial charge < -0.3 is 15.6 Å². The molecule has 19 heavy (non-hydrogen) atoms. The zero-order chi connectivity index (χ0) is 13.8. The fraction of sp³-hybridized carbons (Fsp3) is 1.00. The number of nitrogens with one attached hydrogen (secondary N) is 1. The Labute approximate surface area is 115 Å². The molecule has 2 rings (SSSR count). The molecule has 1 aliphatic carbocycles. The van der Waals surface area contributed by atoms with Crippen molar-refractivity contribution in [2.24, 2.45) is 5.92 Å². The molecular formula is C14H28N2O3. The van der Waals surface area contributed by atoms with Crippen molar-refractivity contribution in [2.75, 3.05) is 0 Å². The van der Waals surface area contributed by atoms with Gasteiger partial charge in [0.25, 0.3) is 0 Å². The van der Waals surface area contributed by atoms with E-state index in [0.717, 1.165) is 51.4 Å². The van der Waals surface area contributed by atoms with Gasteiger partial charge in [-0.3, -0.25) is 0 Å². The third-order valence-electron chi connectivity index (χ3n) is 5.06. The molecule has 0 radical (unpaired) electrons. The van der Waals surface area contributed by atoms with Crippen molar-refractivity contribution in [2.45, 2.75) is 82.5 Å². The van der Waals surface area contributed by atoms with Crippen LogP contribution in [0.1, 0.15) is 58.3 Å². The Kier molecular flexibility index (Phi) is 5.59. The van der Waals surface area contributed by atoms with E-state index >= 15 is 0 Å². The second-order valence-electron chi connectivity index (χ2n) is 6.58. The van der Waals surface area contributed by atoms with Gasteiger partial charge >= 0.3 is 0 Å².